The van der Waals surface area contributed by atoms with Crippen molar-refractivity contribution in [2.75, 3.05) is 33.9 Å². The number of hydrogen-bond donors (Lipinski definition) is 2. The fraction of sp³-hybridized carbons (Fsp3) is 0.429. The van der Waals surface area contributed by atoms with Gasteiger partial charge in [0.25, 0.3) is 5.91 Å². The Kier molecular flexibility index (Phi) is 7.48. The van der Waals surface area contributed by atoms with Gasteiger partial charge in [-0.25, -0.2) is 0 Å². The second-order valence-electron chi connectivity index (χ2n) is 6.95. The largest absolute Gasteiger partial charge is 0.493 e. The fourth-order valence-electron chi connectivity index (χ4n) is 3.34. The molecule has 0 spiro atoms. The lowest BCUT2D eigenvalue weighted by Crippen LogP contribution is -2.47. The molecule has 1 aromatic carbocycles. The molecule has 29 heavy (non-hydrogen) atoms. The SMILES string of the molecule is COc1ccc(C(=O)NC2CCN(CC(=O)NCc3cccs3)CC2)cc1OC. The van der Waals surface area contributed by atoms with Gasteiger partial charge in [0.05, 0.1) is 27.3 Å². The first-order valence-electron chi connectivity index (χ1n) is 9.63. The van der Waals surface area contributed by atoms with Crippen molar-refractivity contribution in [1.29, 1.82) is 0 Å². The molecule has 1 fully saturated rings. The molecule has 2 N–H and O–H groups in total. The van der Waals surface area contributed by atoms with E-state index in [1.165, 1.54) is 0 Å². The van der Waals surface area contributed by atoms with E-state index in [1.54, 1.807) is 43.8 Å². The summed E-state index contributed by atoms with van der Waals surface area (Å²) in [7, 11) is 3.11. The summed E-state index contributed by atoms with van der Waals surface area (Å²) in [6, 6.07) is 9.22. The number of ether oxygens (including phenoxy) is 2. The summed E-state index contributed by atoms with van der Waals surface area (Å²) >= 11 is 1.64. The number of nitrogens with one attached hydrogen (secondary N) is 2. The predicted octanol–water partition coefficient (Wildman–Crippen LogP) is 2.28. The van der Waals surface area contributed by atoms with Gasteiger partial charge in [-0.3, -0.25) is 14.5 Å². The van der Waals surface area contributed by atoms with Crippen LogP contribution in [0.15, 0.2) is 35.7 Å². The average molecular weight is 418 g/mol. The molecule has 0 bridgehead atoms. The zero-order chi connectivity index (χ0) is 20.6. The molecule has 1 saturated heterocycles. The summed E-state index contributed by atoms with van der Waals surface area (Å²) in [5.41, 5.74) is 0.540. The summed E-state index contributed by atoms with van der Waals surface area (Å²) in [5, 5.41) is 8.04. The van der Waals surface area contributed by atoms with E-state index in [0.29, 0.717) is 30.2 Å². The number of amides is 2. The van der Waals surface area contributed by atoms with Crippen LogP contribution in [0, 0.1) is 0 Å². The van der Waals surface area contributed by atoms with Gasteiger partial charge in [0.1, 0.15) is 0 Å². The number of carbonyl (C=O) groups is 2. The molecule has 0 saturated carbocycles. The van der Waals surface area contributed by atoms with E-state index in [1.807, 2.05) is 17.5 Å². The zero-order valence-electron chi connectivity index (χ0n) is 16.8. The number of nitrogens with zero attached hydrogens (tertiary/aromatic N) is 1. The first-order valence-corrected chi connectivity index (χ1v) is 10.5. The summed E-state index contributed by atoms with van der Waals surface area (Å²) in [6.07, 6.45) is 1.63. The van der Waals surface area contributed by atoms with Gasteiger partial charge in [-0.15, -0.1) is 11.3 Å². The normalized spacial score (nSPS) is 15.0. The highest BCUT2D eigenvalue weighted by Crippen LogP contribution is 2.27. The van der Waals surface area contributed by atoms with Crippen LogP contribution in [-0.2, 0) is 11.3 Å². The van der Waals surface area contributed by atoms with Crippen LogP contribution in [0.25, 0.3) is 0 Å². The highest BCUT2D eigenvalue weighted by molar-refractivity contribution is 7.09. The standard InChI is InChI=1S/C21H27N3O4S/c1-27-18-6-5-15(12-19(18)28-2)21(26)23-16-7-9-24(10-8-16)14-20(25)22-13-17-4-3-11-29-17/h3-6,11-12,16H,7-10,13-14H2,1-2H3,(H,22,25)(H,23,26). The molecular formula is C21H27N3O4S. The van der Waals surface area contributed by atoms with E-state index in [-0.39, 0.29) is 17.9 Å². The van der Waals surface area contributed by atoms with Gasteiger partial charge in [-0.2, -0.15) is 0 Å². The molecule has 2 amide bonds. The van der Waals surface area contributed by atoms with Gasteiger partial charge in [0.15, 0.2) is 11.5 Å². The predicted molar refractivity (Wildman–Crippen MR) is 113 cm³/mol. The fourth-order valence-corrected chi connectivity index (χ4v) is 3.98. The van der Waals surface area contributed by atoms with Crippen molar-refractivity contribution in [3.05, 3.63) is 46.2 Å². The van der Waals surface area contributed by atoms with Crippen LogP contribution >= 0.6 is 11.3 Å². The van der Waals surface area contributed by atoms with Gasteiger partial charge in [0, 0.05) is 29.6 Å². The lowest BCUT2D eigenvalue weighted by Gasteiger charge is -2.31. The second-order valence-corrected chi connectivity index (χ2v) is 7.98. The highest BCUT2D eigenvalue weighted by atomic mass is 32.1. The molecule has 2 heterocycles. The molecule has 8 heteroatoms. The first kappa shape index (κ1) is 21.1. The smallest absolute Gasteiger partial charge is 0.251 e. The van der Waals surface area contributed by atoms with Crippen LogP contribution in [0.2, 0.25) is 0 Å². The van der Waals surface area contributed by atoms with Crippen molar-refractivity contribution in [1.82, 2.24) is 15.5 Å². The third-order valence-corrected chi connectivity index (χ3v) is 5.85. The van der Waals surface area contributed by atoms with Gasteiger partial charge < -0.3 is 20.1 Å². The van der Waals surface area contributed by atoms with Crippen LogP contribution in [0.1, 0.15) is 28.1 Å². The maximum atomic E-state index is 12.6. The molecule has 156 valence electrons. The summed E-state index contributed by atoms with van der Waals surface area (Å²) in [5.74, 6) is 1.03. The summed E-state index contributed by atoms with van der Waals surface area (Å²) in [4.78, 5) is 28.0. The van der Waals surface area contributed by atoms with Crippen molar-refractivity contribution in [3.8, 4) is 11.5 Å². The average Bonchev–Trinajstić information content (AvgIpc) is 3.27. The van der Waals surface area contributed by atoms with Crippen LogP contribution in [0.5, 0.6) is 11.5 Å². The van der Waals surface area contributed by atoms with E-state index < -0.39 is 0 Å². The Morgan fingerprint density at radius 3 is 2.55 bits per heavy atom. The molecule has 1 aliphatic rings. The van der Waals surface area contributed by atoms with E-state index in [9.17, 15) is 9.59 Å². The Morgan fingerprint density at radius 1 is 1.14 bits per heavy atom. The topological polar surface area (TPSA) is 79.9 Å². The third-order valence-electron chi connectivity index (χ3n) is 4.98. The van der Waals surface area contributed by atoms with E-state index >= 15 is 0 Å². The molecule has 1 aliphatic heterocycles. The van der Waals surface area contributed by atoms with E-state index in [4.69, 9.17) is 9.47 Å². The Balaban J connectivity index is 1.42. The monoisotopic (exact) mass is 417 g/mol. The Labute approximate surface area is 175 Å². The summed E-state index contributed by atoms with van der Waals surface area (Å²) in [6.45, 7) is 2.53. The second kappa shape index (κ2) is 10.3. The molecule has 2 aromatic rings. The van der Waals surface area contributed by atoms with Crippen molar-refractivity contribution < 1.29 is 19.1 Å². The number of piperidine rings is 1. The molecular weight excluding hydrogens is 390 g/mol. The van der Waals surface area contributed by atoms with Crippen molar-refractivity contribution in [2.45, 2.75) is 25.4 Å². The van der Waals surface area contributed by atoms with Crippen LogP contribution < -0.4 is 20.1 Å². The Bertz CT molecular complexity index is 817. The molecule has 0 atom stereocenters. The van der Waals surface area contributed by atoms with Gasteiger partial charge >= 0.3 is 0 Å². The van der Waals surface area contributed by atoms with Gasteiger partial charge in [-0.1, -0.05) is 6.07 Å². The molecule has 1 aromatic heterocycles. The third kappa shape index (κ3) is 5.95. The lowest BCUT2D eigenvalue weighted by molar-refractivity contribution is -0.122. The van der Waals surface area contributed by atoms with E-state index in [2.05, 4.69) is 15.5 Å². The molecule has 0 aliphatic carbocycles. The number of carbonyl (C=O) groups excluding carboxylic acids is 2. The maximum Gasteiger partial charge on any atom is 0.251 e. The molecule has 0 radical (unpaired) electrons. The lowest BCUT2D eigenvalue weighted by atomic mass is 10.0. The van der Waals surface area contributed by atoms with Crippen molar-refractivity contribution >= 4 is 23.2 Å². The van der Waals surface area contributed by atoms with Crippen LogP contribution in [0.4, 0.5) is 0 Å². The number of hydrogen-bond acceptors (Lipinski definition) is 6. The molecule has 0 unspecified atom stereocenters. The quantitative estimate of drug-likeness (QED) is 0.689. The van der Waals surface area contributed by atoms with Crippen LogP contribution in [0.3, 0.4) is 0 Å². The van der Waals surface area contributed by atoms with Gasteiger partial charge in [0.2, 0.25) is 5.91 Å². The minimum Gasteiger partial charge on any atom is -0.493 e. The zero-order valence-corrected chi connectivity index (χ0v) is 17.6. The van der Waals surface area contributed by atoms with Crippen molar-refractivity contribution in [2.24, 2.45) is 0 Å². The minimum atomic E-state index is -0.127. The van der Waals surface area contributed by atoms with Crippen LogP contribution in [-0.4, -0.2) is 56.6 Å². The Morgan fingerprint density at radius 2 is 1.90 bits per heavy atom. The minimum absolute atomic E-state index is 0.0335. The number of benzene rings is 1. The number of rotatable bonds is 8. The first-order chi connectivity index (χ1) is 14.1. The number of likely N-dealkylation sites (tertiary alicyclic amines) is 1. The maximum absolute atomic E-state index is 12.6. The van der Waals surface area contributed by atoms with Gasteiger partial charge in [-0.05, 0) is 42.5 Å². The highest BCUT2D eigenvalue weighted by Gasteiger charge is 2.23. The van der Waals surface area contributed by atoms with Crippen molar-refractivity contribution in [3.63, 3.8) is 0 Å². The number of thiophene rings is 1. The van der Waals surface area contributed by atoms with E-state index in [0.717, 1.165) is 30.8 Å². The number of methoxy groups -OCH3 is 2. The summed E-state index contributed by atoms with van der Waals surface area (Å²) < 4.78 is 10.5. The Hall–Kier alpha value is -2.58. The molecule has 3 rings (SSSR count). The molecule has 7 nitrogen and oxygen atoms in total.